The molecule has 1 aliphatic heterocycles. The molecule has 1 saturated heterocycles. The van der Waals surface area contributed by atoms with Crippen molar-refractivity contribution in [2.24, 2.45) is 5.73 Å². The second-order valence-corrected chi connectivity index (χ2v) is 2.77. The van der Waals surface area contributed by atoms with Crippen LogP contribution in [0.4, 0.5) is 0 Å². The molecule has 1 rings (SSSR count). The first-order chi connectivity index (χ1) is 5.70. The van der Waals surface area contributed by atoms with E-state index in [0.717, 1.165) is 6.54 Å². The van der Waals surface area contributed by atoms with Crippen LogP contribution in [0.25, 0.3) is 0 Å². The van der Waals surface area contributed by atoms with E-state index in [2.05, 4.69) is 5.32 Å². The van der Waals surface area contributed by atoms with E-state index in [1.165, 1.54) is 0 Å². The summed E-state index contributed by atoms with van der Waals surface area (Å²) in [5, 5.41) is 2.94. The molecule has 1 aliphatic rings. The van der Waals surface area contributed by atoms with Gasteiger partial charge in [-0.05, 0) is 0 Å². The van der Waals surface area contributed by atoms with Crippen LogP contribution in [0.1, 0.15) is 6.42 Å². The van der Waals surface area contributed by atoms with E-state index in [4.69, 9.17) is 5.73 Å². The van der Waals surface area contributed by atoms with Crippen LogP contribution in [0, 0.1) is 0 Å². The second-order valence-electron chi connectivity index (χ2n) is 2.77. The van der Waals surface area contributed by atoms with E-state index < -0.39 is 0 Å². The molecule has 1 heterocycles. The molecule has 5 heteroatoms. The van der Waals surface area contributed by atoms with Gasteiger partial charge in [0, 0.05) is 26.1 Å². The van der Waals surface area contributed by atoms with Gasteiger partial charge in [0.15, 0.2) is 0 Å². The summed E-state index contributed by atoms with van der Waals surface area (Å²) < 4.78 is 0. The molecule has 0 aliphatic carbocycles. The van der Waals surface area contributed by atoms with Crippen LogP contribution in [-0.2, 0) is 9.59 Å². The van der Waals surface area contributed by atoms with E-state index in [-0.39, 0.29) is 18.2 Å². The average Bonchev–Trinajstić information content (AvgIpc) is 2.03. The van der Waals surface area contributed by atoms with Crippen molar-refractivity contribution in [3.63, 3.8) is 0 Å². The first-order valence-corrected chi connectivity index (χ1v) is 3.97. The van der Waals surface area contributed by atoms with Crippen molar-refractivity contribution in [2.45, 2.75) is 6.42 Å². The SMILES string of the molecule is NC(=O)CCN1CCNCC1=O. The van der Waals surface area contributed by atoms with Crippen LogP contribution >= 0.6 is 0 Å². The summed E-state index contributed by atoms with van der Waals surface area (Å²) in [7, 11) is 0. The summed E-state index contributed by atoms with van der Waals surface area (Å²) in [6.45, 7) is 2.30. The first kappa shape index (κ1) is 8.99. The van der Waals surface area contributed by atoms with Gasteiger partial charge >= 0.3 is 0 Å². The van der Waals surface area contributed by atoms with Crippen molar-refractivity contribution in [3.8, 4) is 0 Å². The largest absolute Gasteiger partial charge is 0.370 e. The average molecular weight is 171 g/mol. The fourth-order valence-electron chi connectivity index (χ4n) is 1.13. The molecule has 0 atom stereocenters. The Morgan fingerprint density at radius 2 is 2.42 bits per heavy atom. The topological polar surface area (TPSA) is 75.4 Å². The lowest BCUT2D eigenvalue weighted by Crippen LogP contribution is -2.48. The quantitative estimate of drug-likeness (QED) is 0.531. The minimum absolute atomic E-state index is 0.0440. The molecule has 1 fully saturated rings. The number of amides is 2. The lowest BCUT2D eigenvalue weighted by Gasteiger charge is -2.26. The molecule has 5 nitrogen and oxygen atoms in total. The highest BCUT2D eigenvalue weighted by atomic mass is 16.2. The van der Waals surface area contributed by atoms with Crippen LogP contribution in [0.2, 0.25) is 0 Å². The third-order valence-corrected chi connectivity index (χ3v) is 1.82. The Bertz CT molecular complexity index is 193. The minimum atomic E-state index is -0.360. The number of carbonyl (C=O) groups is 2. The van der Waals surface area contributed by atoms with Crippen LogP contribution in [-0.4, -0.2) is 42.9 Å². The number of nitrogens with zero attached hydrogens (tertiary/aromatic N) is 1. The van der Waals surface area contributed by atoms with Crippen molar-refractivity contribution in [3.05, 3.63) is 0 Å². The number of nitrogens with two attached hydrogens (primary N) is 1. The van der Waals surface area contributed by atoms with Gasteiger partial charge in [0.1, 0.15) is 0 Å². The summed E-state index contributed by atoms with van der Waals surface area (Å²) in [5.41, 5.74) is 4.96. The second kappa shape index (κ2) is 4.06. The van der Waals surface area contributed by atoms with Crippen molar-refractivity contribution in [2.75, 3.05) is 26.2 Å². The van der Waals surface area contributed by atoms with E-state index in [1.54, 1.807) is 4.90 Å². The molecular weight excluding hydrogens is 158 g/mol. The van der Waals surface area contributed by atoms with Crippen LogP contribution in [0.15, 0.2) is 0 Å². The van der Waals surface area contributed by atoms with Gasteiger partial charge in [-0.1, -0.05) is 0 Å². The Morgan fingerprint density at radius 1 is 1.67 bits per heavy atom. The number of carbonyl (C=O) groups excluding carboxylic acids is 2. The Morgan fingerprint density at radius 3 is 3.00 bits per heavy atom. The zero-order chi connectivity index (χ0) is 8.97. The van der Waals surface area contributed by atoms with E-state index in [1.807, 2.05) is 0 Å². The van der Waals surface area contributed by atoms with Gasteiger partial charge in [-0.15, -0.1) is 0 Å². The maximum absolute atomic E-state index is 11.1. The molecular formula is C7H13N3O2. The Balaban J connectivity index is 2.29. The molecule has 68 valence electrons. The van der Waals surface area contributed by atoms with Gasteiger partial charge in [-0.3, -0.25) is 9.59 Å². The first-order valence-electron chi connectivity index (χ1n) is 3.97. The van der Waals surface area contributed by atoms with E-state index in [9.17, 15) is 9.59 Å². The van der Waals surface area contributed by atoms with Gasteiger partial charge < -0.3 is 16.0 Å². The molecule has 0 aromatic carbocycles. The molecule has 0 aromatic rings. The molecule has 0 saturated carbocycles. The third kappa shape index (κ3) is 2.50. The molecule has 0 spiro atoms. The fraction of sp³-hybridized carbons (Fsp3) is 0.714. The van der Waals surface area contributed by atoms with Gasteiger partial charge in [0.05, 0.1) is 6.54 Å². The van der Waals surface area contributed by atoms with E-state index >= 15 is 0 Å². The maximum atomic E-state index is 11.1. The van der Waals surface area contributed by atoms with Crippen LogP contribution in [0.5, 0.6) is 0 Å². The highest BCUT2D eigenvalue weighted by molar-refractivity contribution is 5.80. The summed E-state index contributed by atoms with van der Waals surface area (Å²) in [4.78, 5) is 23.2. The summed E-state index contributed by atoms with van der Waals surface area (Å²) in [6, 6.07) is 0. The normalized spacial score (nSPS) is 18.0. The number of piperazine rings is 1. The standard InChI is InChI=1S/C7H13N3O2/c8-6(11)1-3-10-4-2-9-5-7(10)12/h9H,1-5H2,(H2,8,11). The summed E-state index contributed by atoms with van der Waals surface area (Å²) in [5.74, 6) is -0.316. The van der Waals surface area contributed by atoms with Crippen molar-refractivity contribution >= 4 is 11.8 Å². The molecule has 2 amide bonds. The monoisotopic (exact) mass is 171 g/mol. The van der Waals surface area contributed by atoms with Crippen molar-refractivity contribution in [1.29, 1.82) is 0 Å². The van der Waals surface area contributed by atoms with Crippen molar-refractivity contribution < 1.29 is 9.59 Å². The minimum Gasteiger partial charge on any atom is -0.370 e. The predicted octanol–water partition coefficient (Wildman–Crippen LogP) is -1.71. The lowest BCUT2D eigenvalue weighted by molar-refractivity contribution is -0.132. The molecule has 0 radical (unpaired) electrons. The zero-order valence-electron chi connectivity index (χ0n) is 6.88. The summed E-state index contributed by atoms with van der Waals surface area (Å²) >= 11 is 0. The number of nitrogens with one attached hydrogen (secondary N) is 1. The van der Waals surface area contributed by atoms with E-state index in [0.29, 0.717) is 19.6 Å². The Labute approximate surface area is 70.9 Å². The number of rotatable bonds is 3. The molecule has 0 aromatic heterocycles. The van der Waals surface area contributed by atoms with Crippen LogP contribution < -0.4 is 11.1 Å². The highest BCUT2D eigenvalue weighted by Gasteiger charge is 2.17. The Hall–Kier alpha value is -1.10. The smallest absolute Gasteiger partial charge is 0.236 e. The summed E-state index contributed by atoms with van der Waals surface area (Å²) in [6.07, 6.45) is 0.256. The third-order valence-electron chi connectivity index (χ3n) is 1.82. The molecule has 12 heavy (non-hydrogen) atoms. The van der Waals surface area contributed by atoms with Crippen LogP contribution in [0.3, 0.4) is 0 Å². The molecule has 3 N–H and O–H groups in total. The number of hydrogen-bond donors (Lipinski definition) is 2. The van der Waals surface area contributed by atoms with Gasteiger partial charge in [-0.2, -0.15) is 0 Å². The predicted molar refractivity (Wildman–Crippen MR) is 43.3 cm³/mol. The van der Waals surface area contributed by atoms with Gasteiger partial charge in [-0.25, -0.2) is 0 Å². The molecule has 0 unspecified atom stereocenters. The number of primary amides is 1. The zero-order valence-corrected chi connectivity index (χ0v) is 6.88. The highest BCUT2D eigenvalue weighted by Crippen LogP contribution is 1.95. The maximum Gasteiger partial charge on any atom is 0.236 e. The molecule has 0 bridgehead atoms. The number of hydrogen-bond acceptors (Lipinski definition) is 3. The Kier molecular flexibility index (Phi) is 3.04. The fourth-order valence-corrected chi connectivity index (χ4v) is 1.13. The lowest BCUT2D eigenvalue weighted by atomic mass is 10.3. The van der Waals surface area contributed by atoms with Crippen molar-refractivity contribution in [1.82, 2.24) is 10.2 Å². The van der Waals surface area contributed by atoms with Gasteiger partial charge in [0.2, 0.25) is 11.8 Å². The van der Waals surface area contributed by atoms with Gasteiger partial charge in [0.25, 0.3) is 0 Å².